The van der Waals surface area contributed by atoms with Gasteiger partial charge in [-0.3, -0.25) is 0 Å². The Morgan fingerprint density at radius 2 is 2.18 bits per heavy atom. The summed E-state index contributed by atoms with van der Waals surface area (Å²) in [6.45, 7) is 0. The number of aromatic nitrogens is 1. The van der Waals surface area contributed by atoms with Gasteiger partial charge in [-0.25, -0.2) is 14.2 Å². The summed E-state index contributed by atoms with van der Waals surface area (Å²) in [5, 5.41) is 9.34. The molecule has 0 amide bonds. The molecule has 1 aromatic carbocycles. The first-order valence-electron chi connectivity index (χ1n) is 6.00. The van der Waals surface area contributed by atoms with Crippen LogP contribution in [0.15, 0.2) is 23.1 Å². The van der Waals surface area contributed by atoms with Crippen LogP contribution in [-0.2, 0) is 0 Å². The average molecular weight is 343 g/mol. The maximum Gasteiger partial charge on any atom is 0.355 e. The van der Waals surface area contributed by atoms with Crippen molar-refractivity contribution in [3.8, 4) is 17.0 Å². The number of anilines is 1. The summed E-state index contributed by atoms with van der Waals surface area (Å²) in [5.74, 6) is -2.10. The van der Waals surface area contributed by atoms with Gasteiger partial charge in [-0.05, 0) is 24.5 Å². The molecule has 0 aliphatic rings. The summed E-state index contributed by atoms with van der Waals surface area (Å²) >= 11 is 7.00. The van der Waals surface area contributed by atoms with Gasteiger partial charge in [-0.2, -0.15) is 0 Å². The molecule has 8 heteroatoms. The Labute approximate surface area is 135 Å². The lowest BCUT2D eigenvalue weighted by atomic mass is 10.1. The third-order valence-corrected chi connectivity index (χ3v) is 4.07. The smallest absolute Gasteiger partial charge is 0.355 e. The molecule has 0 radical (unpaired) electrons. The van der Waals surface area contributed by atoms with Crippen molar-refractivity contribution < 1.29 is 19.0 Å². The van der Waals surface area contributed by atoms with Crippen LogP contribution in [0, 0.1) is 5.82 Å². The minimum absolute atomic E-state index is 0.0584. The van der Waals surface area contributed by atoms with Gasteiger partial charge in [-0.1, -0.05) is 11.6 Å². The maximum absolute atomic E-state index is 14.4. The van der Waals surface area contributed by atoms with E-state index < -0.39 is 11.8 Å². The van der Waals surface area contributed by atoms with Gasteiger partial charge in [0.15, 0.2) is 17.3 Å². The van der Waals surface area contributed by atoms with Gasteiger partial charge in [0, 0.05) is 11.3 Å². The van der Waals surface area contributed by atoms with Gasteiger partial charge in [0.2, 0.25) is 0 Å². The highest BCUT2D eigenvalue weighted by Crippen LogP contribution is 2.36. The largest absolute Gasteiger partial charge is 0.492 e. The van der Waals surface area contributed by atoms with E-state index in [9.17, 15) is 14.3 Å². The molecule has 0 bridgehead atoms. The first kappa shape index (κ1) is 16.4. The molecule has 3 N–H and O–H groups in total. The van der Waals surface area contributed by atoms with Gasteiger partial charge in [0.05, 0.1) is 22.7 Å². The number of nitrogen functional groups attached to an aromatic ring is 1. The van der Waals surface area contributed by atoms with E-state index in [1.165, 1.54) is 25.3 Å². The Bertz CT molecular complexity index is 755. The van der Waals surface area contributed by atoms with E-state index in [-0.39, 0.29) is 33.4 Å². The van der Waals surface area contributed by atoms with Gasteiger partial charge in [-0.15, -0.1) is 11.8 Å². The Kier molecular flexibility index (Phi) is 4.77. The van der Waals surface area contributed by atoms with Crippen LogP contribution in [0.25, 0.3) is 11.3 Å². The lowest BCUT2D eigenvalue weighted by Gasteiger charge is -2.12. The summed E-state index contributed by atoms with van der Waals surface area (Å²) in [5.41, 5.74) is 6.00. The number of thioether (sulfide) groups is 1. The molecule has 1 heterocycles. The number of aromatic carboxylic acids is 1. The second-order valence-electron chi connectivity index (χ2n) is 4.23. The molecule has 22 heavy (non-hydrogen) atoms. The first-order valence-corrected chi connectivity index (χ1v) is 7.61. The predicted molar refractivity (Wildman–Crippen MR) is 84.3 cm³/mol. The van der Waals surface area contributed by atoms with Crippen molar-refractivity contribution in [1.82, 2.24) is 4.98 Å². The number of carboxylic acids is 1. The second-order valence-corrected chi connectivity index (χ2v) is 5.45. The summed E-state index contributed by atoms with van der Waals surface area (Å²) in [6.07, 6.45) is 1.69. The quantitative estimate of drug-likeness (QED) is 0.826. The Morgan fingerprint density at radius 1 is 1.50 bits per heavy atom. The maximum atomic E-state index is 14.4. The van der Waals surface area contributed by atoms with Crippen LogP contribution in [0.3, 0.4) is 0 Å². The van der Waals surface area contributed by atoms with Crippen molar-refractivity contribution in [3.63, 3.8) is 0 Å². The summed E-state index contributed by atoms with van der Waals surface area (Å²) < 4.78 is 19.3. The van der Waals surface area contributed by atoms with Crippen LogP contribution >= 0.6 is 23.4 Å². The number of carbonyl (C=O) groups is 1. The topological polar surface area (TPSA) is 85.4 Å². The standard InChI is InChI=1S/C14H12ClFN2O3S/c1-21-12-7(15)4-3-6(10(12)16)9-5-8(17)13(22-2)11(18-9)14(19)20/h3-5H,1-2H3,(H2,17,18)(H,19,20). The normalized spacial score (nSPS) is 10.5. The minimum Gasteiger partial charge on any atom is -0.492 e. The van der Waals surface area contributed by atoms with E-state index in [0.717, 1.165) is 11.8 Å². The lowest BCUT2D eigenvalue weighted by Crippen LogP contribution is -2.07. The fourth-order valence-electron chi connectivity index (χ4n) is 1.97. The molecule has 0 aliphatic heterocycles. The Hall–Kier alpha value is -1.99. The van der Waals surface area contributed by atoms with Crippen molar-refractivity contribution in [2.24, 2.45) is 0 Å². The van der Waals surface area contributed by atoms with Crippen LogP contribution in [-0.4, -0.2) is 29.4 Å². The number of hydrogen-bond acceptors (Lipinski definition) is 5. The molecule has 2 aromatic rings. The van der Waals surface area contributed by atoms with Crippen LogP contribution < -0.4 is 10.5 Å². The molecule has 2 rings (SSSR count). The van der Waals surface area contributed by atoms with E-state index in [4.69, 9.17) is 22.1 Å². The van der Waals surface area contributed by atoms with E-state index in [0.29, 0.717) is 4.90 Å². The molecule has 0 fully saturated rings. The molecule has 0 spiro atoms. The number of carboxylic acid groups (broad SMARTS) is 1. The first-order chi connectivity index (χ1) is 10.4. The minimum atomic E-state index is -1.24. The number of methoxy groups -OCH3 is 1. The van der Waals surface area contributed by atoms with E-state index >= 15 is 0 Å². The van der Waals surface area contributed by atoms with Crippen molar-refractivity contribution in [2.75, 3.05) is 19.1 Å². The van der Waals surface area contributed by atoms with E-state index in [1.54, 1.807) is 6.26 Å². The summed E-state index contributed by atoms with van der Waals surface area (Å²) in [6, 6.07) is 4.26. The molecular formula is C14H12ClFN2O3S. The SMILES string of the molecule is COc1c(Cl)ccc(-c2cc(N)c(SC)c(C(=O)O)n2)c1F. The summed E-state index contributed by atoms with van der Waals surface area (Å²) in [4.78, 5) is 15.6. The van der Waals surface area contributed by atoms with Gasteiger partial charge < -0.3 is 15.6 Å². The fourth-order valence-corrected chi connectivity index (χ4v) is 2.81. The molecular weight excluding hydrogens is 331 g/mol. The number of halogens is 2. The van der Waals surface area contributed by atoms with Gasteiger partial charge in [0.25, 0.3) is 0 Å². The number of rotatable bonds is 4. The highest BCUT2D eigenvalue weighted by molar-refractivity contribution is 7.98. The van der Waals surface area contributed by atoms with Crippen molar-refractivity contribution >= 4 is 35.0 Å². The number of nitrogens with zero attached hydrogens (tertiary/aromatic N) is 1. The van der Waals surface area contributed by atoms with Crippen LogP contribution in [0.4, 0.5) is 10.1 Å². The Morgan fingerprint density at radius 3 is 2.73 bits per heavy atom. The second kappa shape index (κ2) is 6.41. The zero-order valence-corrected chi connectivity index (χ0v) is 13.3. The average Bonchev–Trinajstić information content (AvgIpc) is 2.46. The van der Waals surface area contributed by atoms with Crippen LogP contribution in [0.1, 0.15) is 10.5 Å². The molecule has 5 nitrogen and oxygen atoms in total. The van der Waals surface area contributed by atoms with E-state index in [2.05, 4.69) is 4.98 Å². The number of nitrogens with two attached hydrogens (primary N) is 1. The number of benzene rings is 1. The van der Waals surface area contributed by atoms with Crippen molar-refractivity contribution in [1.29, 1.82) is 0 Å². The number of ether oxygens (including phenoxy) is 1. The molecule has 0 atom stereocenters. The van der Waals surface area contributed by atoms with Crippen LogP contribution in [0.5, 0.6) is 5.75 Å². The van der Waals surface area contributed by atoms with Gasteiger partial charge in [0.1, 0.15) is 0 Å². The van der Waals surface area contributed by atoms with E-state index in [1.807, 2.05) is 0 Å². The number of pyridine rings is 1. The zero-order valence-electron chi connectivity index (χ0n) is 11.7. The molecule has 0 saturated carbocycles. The molecule has 116 valence electrons. The third-order valence-electron chi connectivity index (χ3n) is 2.94. The lowest BCUT2D eigenvalue weighted by molar-refractivity contribution is 0.0686. The van der Waals surface area contributed by atoms with Crippen molar-refractivity contribution in [2.45, 2.75) is 4.90 Å². The fraction of sp³-hybridized carbons (Fsp3) is 0.143. The molecule has 0 saturated heterocycles. The highest BCUT2D eigenvalue weighted by atomic mass is 35.5. The zero-order chi connectivity index (χ0) is 16.4. The number of hydrogen-bond donors (Lipinski definition) is 2. The monoisotopic (exact) mass is 342 g/mol. The summed E-state index contributed by atoms with van der Waals surface area (Å²) in [7, 11) is 1.29. The highest BCUT2D eigenvalue weighted by Gasteiger charge is 2.20. The predicted octanol–water partition coefficient (Wildman–Crippen LogP) is 3.55. The van der Waals surface area contributed by atoms with Crippen molar-refractivity contribution in [3.05, 3.63) is 34.7 Å². The third kappa shape index (κ3) is 2.82. The molecule has 0 unspecified atom stereocenters. The Balaban J connectivity index is 2.71. The van der Waals surface area contributed by atoms with Crippen LogP contribution in [0.2, 0.25) is 5.02 Å². The van der Waals surface area contributed by atoms with Gasteiger partial charge >= 0.3 is 5.97 Å². The molecule has 1 aromatic heterocycles. The molecule has 0 aliphatic carbocycles.